The fourth-order valence-electron chi connectivity index (χ4n) is 5.14. The predicted molar refractivity (Wildman–Crippen MR) is 168 cm³/mol. The average molecular weight is 678 g/mol. The Morgan fingerprint density at radius 3 is 2.00 bits per heavy atom. The molecule has 3 unspecified atom stereocenters. The summed E-state index contributed by atoms with van der Waals surface area (Å²) in [5.41, 5.74) is 5.80. The largest absolute Gasteiger partial charge is 0.462 e. The molecule has 1 saturated heterocycles. The maximum atomic E-state index is 14.5. The van der Waals surface area contributed by atoms with Crippen LogP contribution in [0.2, 0.25) is 0 Å². The SMILES string of the molecule is CC(C)C[C@H](NP(=O)(N[C@@H](CC(C)C)C(=O)OC(C)C)OC[C@H]1O[C@@H](N2C=NC3C(N)=NC(F)=NC32)[C@H](O)C1O)C(=O)OC(C)C. The van der Waals surface area contributed by atoms with Gasteiger partial charge in [0.15, 0.2) is 12.4 Å². The van der Waals surface area contributed by atoms with E-state index < -0.39 is 93.3 Å². The number of fused-ring (bicyclic) bond motifs is 1. The fourth-order valence-corrected chi connectivity index (χ4v) is 6.96. The number of nitrogens with one attached hydrogen (secondary N) is 2. The summed E-state index contributed by atoms with van der Waals surface area (Å²) in [6, 6.07) is -3.01. The molecule has 46 heavy (non-hydrogen) atoms. The van der Waals surface area contributed by atoms with E-state index in [2.05, 4.69) is 25.2 Å². The molecule has 0 bridgehead atoms. The Hall–Kier alpha value is -2.53. The Labute approximate surface area is 268 Å². The number of aliphatic hydroxyl groups excluding tert-OH is 2. The topological polar surface area (TPSA) is 219 Å². The van der Waals surface area contributed by atoms with Crippen molar-refractivity contribution in [3.8, 4) is 0 Å². The molecular weight excluding hydrogens is 628 g/mol. The highest BCUT2D eigenvalue weighted by Gasteiger charge is 2.51. The molecule has 0 aromatic carbocycles. The lowest BCUT2D eigenvalue weighted by Gasteiger charge is -2.32. The van der Waals surface area contributed by atoms with Gasteiger partial charge in [0.25, 0.3) is 0 Å². The molecule has 0 aromatic heterocycles. The Bertz CT molecular complexity index is 1180. The minimum absolute atomic E-state index is 0.0313. The van der Waals surface area contributed by atoms with Crippen molar-refractivity contribution >= 4 is 37.9 Å². The third-order valence-corrected chi connectivity index (χ3v) is 8.92. The van der Waals surface area contributed by atoms with Gasteiger partial charge in [-0.05, 0) is 52.4 Å². The zero-order valence-corrected chi connectivity index (χ0v) is 28.5. The third-order valence-electron chi connectivity index (χ3n) is 7.10. The summed E-state index contributed by atoms with van der Waals surface area (Å²) in [5.74, 6) is -1.51. The second-order valence-corrected chi connectivity index (χ2v) is 14.9. The number of carbonyl (C=O) groups is 2. The molecule has 8 atom stereocenters. The zero-order chi connectivity index (χ0) is 34.5. The molecular formula is C28H49FN7O9P. The van der Waals surface area contributed by atoms with Crippen molar-refractivity contribution in [1.82, 2.24) is 15.1 Å². The third kappa shape index (κ3) is 9.99. The van der Waals surface area contributed by atoms with Crippen molar-refractivity contribution in [3.63, 3.8) is 0 Å². The first-order valence-corrected chi connectivity index (χ1v) is 17.1. The molecule has 3 aliphatic rings. The number of rotatable bonds is 16. The molecule has 3 aliphatic heterocycles. The van der Waals surface area contributed by atoms with Crippen molar-refractivity contribution in [2.75, 3.05) is 6.61 Å². The maximum Gasteiger partial charge on any atom is 0.342 e. The zero-order valence-electron chi connectivity index (χ0n) is 27.6. The Morgan fingerprint density at radius 2 is 1.52 bits per heavy atom. The summed E-state index contributed by atoms with van der Waals surface area (Å²) in [6.07, 6.45) is -6.89. The lowest BCUT2D eigenvalue weighted by atomic mass is 10.0. The average Bonchev–Trinajstić information content (AvgIpc) is 3.46. The van der Waals surface area contributed by atoms with E-state index in [0.29, 0.717) is 0 Å². The number of aliphatic hydroxyl groups is 2. The van der Waals surface area contributed by atoms with Crippen LogP contribution in [0.15, 0.2) is 15.0 Å². The monoisotopic (exact) mass is 677 g/mol. The Balaban J connectivity index is 1.86. The molecule has 6 N–H and O–H groups in total. The lowest BCUT2D eigenvalue weighted by molar-refractivity contribution is -0.150. The number of nitrogens with zero attached hydrogens (tertiary/aromatic N) is 4. The summed E-state index contributed by atoms with van der Waals surface area (Å²) < 4.78 is 51.1. The first-order chi connectivity index (χ1) is 21.4. The minimum Gasteiger partial charge on any atom is -0.462 e. The van der Waals surface area contributed by atoms with Crippen molar-refractivity contribution < 1.29 is 47.5 Å². The van der Waals surface area contributed by atoms with E-state index in [0.717, 1.165) is 0 Å². The van der Waals surface area contributed by atoms with E-state index in [4.69, 9.17) is 24.5 Å². The van der Waals surface area contributed by atoms with Gasteiger partial charge in [-0.3, -0.25) is 19.1 Å². The van der Waals surface area contributed by atoms with Crippen LogP contribution in [-0.4, -0.2) is 113 Å². The smallest absolute Gasteiger partial charge is 0.342 e. The first kappa shape index (κ1) is 37.9. The predicted octanol–water partition coefficient (Wildman–Crippen LogP) is 1.20. The van der Waals surface area contributed by atoms with Crippen molar-refractivity contribution in [2.24, 2.45) is 32.5 Å². The molecule has 262 valence electrons. The standard InChI is InChI=1S/C28H49FN7O9P/c1-13(2)9-17(26(39)43-15(5)6)34-46(41,35-18(10-14(3)4)27(40)44-16(7)8)42-11-19-21(37)22(38)25(45-19)36-12-31-20-23(30)32-28(29)33-24(20)36/h12-22,24-25,37-38H,9-11H2,1-8H3,(H2,30,32,33)(H2,34,35,41)/t17-,18-,19+,20?,21?,22+,24?,25+/m0/s1. The summed E-state index contributed by atoms with van der Waals surface area (Å²) in [5, 5.41) is 27.3. The molecule has 3 heterocycles. The van der Waals surface area contributed by atoms with E-state index >= 15 is 0 Å². The summed E-state index contributed by atoms with van der Waals surface area (Å²) in [6.45, 7) is 13.7. The van der Waals surface area contributed by atoms with Crippen LogP contribution in [0.3, 0.4) is 0 Å². The molecule has 0 amide bonds. The summed E-state index contributed by atoms with van der Waals surface area (Å²) in [4.78, 5) is 38.9. The van der Waals surface area contributed by atoms with Gasteiger partial charge in [0.05, 0.1) is 25.2 Å². The van der Waals surface area contributed by atoms with Crippen LogP contribution in [0.5, 0.6) is 0 Å². The quantitative estimate of drug-likeness (QED) is 0.0882. The van der Waals surface area contributed by atoms with Gasteiger partial charge in [0.1, 0.15) is 42.3 Å². The lowest BCUT2D eigenvalue weighted by Crippen LogP contribution is -2.51. The van der Waals surface area contributed by atoms with E-state index in [-0.39, 0.29) is 30.5 Å². The minimum atomic E-state index is -4.34. The van der Waals surface area contributed by atoms with Gasteiger partial charge in [0.2, 0.25) is 0 Å². The molecule has 0 aromatic rings. The number of hydrogen-bond donors (Lipinski definition) is 5. The van der Waals surface area contributed by atoms with Crippen molar-refractivity contribution in [1.29, 1.82) is 0 Å². The van der Waals surface area contributed by atoms with Crippen LogP contribution in [0.25, 0.3) is 0 Å². The summed E-state index contributed by atoms with van der Waals surface area (Å²) in [7, 11) is -4.34. The summed E-state index contributed by atoms with van der Waals surface area (Å²) >= 11 is 0. The molecule has 0 aliphatic carbocycles. The highest BCUT2D eigenvalue weighted by atomic mass is 31.2. The number of esters is 2. The van der Waals surface area contributed by atoms with Crippen molar-refractivity contribution in [3.05, 3.63) is 0 Å². The number of carbonyl (C=O) groups excluding carboxylic acids is 2. The second kappa shape index (κ2) is 16.0. The van der Waals surface area contributed by atoms with Gasteiger partial charge >= 0.3 is 25.7 Å². The number of ether oxygens (including phenoxy) is 3. The van der Waals surface area contributed by atoms with Crippen LogP contribution in [-0.2, 0) is 32.9 Å². The molecule has 1 fully saturated rings. The normalized spacial score (nSPS) is 27.7. The highest BCUT2D eigenvalue weighted by Crippen LogP contribution is 2.42. The highest BCUT2D eigenvalue weighted by molar-refractivity contribution is 7.54. The fraction of sp³-hybridized carbons (Fsp3) is 0.821. The van der Waals surface area contributed by atoms with E-state index in [1.807, 2.05) is 27.7 Å². The van der Waals surface area contributed by atoms with E-state index in [1.54, 1.807) is 27.7 Å². The molecule has 3 rings (SSSR count). The van der Waals surface area contributed by atoms with Gasteiger partial charge in [-0.1, -0.05) is 27.7 Å². The molecule has 16 nitrogen and oxygen atoms in total. The number of nitrogens with two attached hydrogens (primary N) is 1. The molecule has 18 heteroatoms. The van der Waals surface area contributed by atoms with Crippen LogP contribution >= 0.6 is 7.67 Å². The van der Waals surface area contributed by atoms with Crippen LogP contribution in [0.4, 0.5) is 4.39 Å². The molecule has 0 saturated carbocycles. The Morgan fingerprint density at radius 1 is 1.00 bits per heavy atom. The molecule has 0 spiro atoms. The van der Waals surface area contributed by atoms with Crippen LogP contribution < -0.4 is 15.9 Å². The first-order valence-electron chi connectivity index (χ1n) is 15.5. The van der Waals surface area contributed by atoms with Gasteiger partial charge in [-0.2, -0.15) is 9.38 Å². The van der Waals surface area contributed by atoms with Crippen LogP contribution in [0.1, 0.15) is 68.2 Å². The number of aliphatic imine (C=N–C) groups is 3. The van der Waals surface area contributed by atoms with E-state index in [1.165, 1.54) is 11.2 Å². The van der Waals surface area contributed by atoms with Gasteiger partial charge < -0.3 is 39.6 Å². The van der Waals surface area contributed by atoms with Gasteiger partial charge in [0, 0.05) is 0 Å². The van der Waals surface area contributed by atoms with Crippen molar-refractivity contribution in [2.45, 2.75) is 129 Å². The maximum absolute atomic E-state index is 14.5. The Kier molecular flexibility index (Phi) is 13.2. The number of amidine groups is 2. The number of halogens is 1. The molecule has 0 radical (unpaired) electrons. The van der Waals surface area contributed by atoms with Gasteiger partial charge in [-0.25, -0.2) is 15.2 Å². The van der Waals surface area contributed by atoms with Crippen LogP contribution in [0, 0.1) is 11.8 Å². The second-order valence-electron chi connectivity index (χ2n) is 13.0. The number of hydrogen-bond acceptors (Lipinski definition) is 14. The van der Waals surface area contributed by atoms with Gasteiger partial charge in [-0.15, -0.1) is 0 Å². The van der Waals surface area contributed by atoms with E-state index in [9.17, 15) is 28.8 Å².